The molecule has 0 fully saturated rings. The van der Waals surface area contributed by atoms with Gasteiger partial charge in [0.25, 0.3) is 0 Å². The molecule has 0 saturated heterocycles. The molecule has 0 unspecified atom stereocenters. The molecule has 0 aliphatic carbocycles. The van der Waals surface area contributed by atoms with Crippen molar-refractivity contribution >= 4 is 43.2 Å². The second kappa shape index (κ2) is 9.67. The van der Waals surface area contributed by atoms with E-state index in [2.05, 4.69) is 18.6 Å². The first kappa shape index (κ1) is 25.0. The first-order chi connectivity index (χ1) is 17.2. The maximum atomic E-state index is 13.5. The van der Waals surface area contributed by atoms with E-state index in [1.807, 2.05) is 42.5 Å². The third-order valence-corrected chi connectivity index (χ3v) is 9.80. The van der Waals surface area contributed by atoms with Gasteiger partial charge in [0.05, 0.1) is 27.7 Å². The van der Waals surface area contributed by atoms with Crippen LogP contribution < -0.4 is 14.3 Å². The van der Waals surface area contributed by atoms with Crippen molar-refractivity contribution in [2.24, 2.45) is 0 Å². The summed E-state index contributed by atoms with van der Waals surface area (Å²) in [6.45, 7) is 4.44. The number of nitrogens with zero attached hydrogens (tertiary/aromatic N) is 1. The molecule has 9 heteroatoms. The molecule has 0 saturated carbocycles. The number of fused-ring (bicyclic) bond motifs is 2. The summed E-state index contributed by atoms with van der Waals surface area (Å²) in [7, 11) is -3.86. The molecule has 36 heavy (non-hydrogen) atoms. The molecule has 3 aromatic carbocycles. The lowest BCUT2D eigenvalue weighted by molar-refractivity contribution is 0.0260. The smallest absolute Gasteiger partial charge is 0.308 e. The van der Waals surface area contributed by atoms with Crippen LogP contribution in [0.5, 0.6) is 5.75 Å². The first-order valence-corrected chi connectivity index (χ1v) is 14.6. The minimum absolute atomic E-state index is 0.128. The van der Waals surface area contributed by atoms with Gasteiger partial charge in [-0.1, -0.05) is 73.2 Å². The highest BCUT2D eigenvalue weighted by Gasteiger charge is 2.40. The molecular formula is C27H27ClN2O4S2. The molecule has 0 amide bonds. The van der Waals surface area contributed by atoms with Gasteiger partial charge < -0.3 is 4.74 Å². The Hall–Kier alpha value is -2.65. The number of halogens is 1. The summed E-state index contributed by atoms with van der Waals surface area (Å²) in [5.74, 6) is 0.713. The molecule has 0 radical (unpaired) electrons. The molecule has 1 aromatic heterocycles. The van der Waals surface area contributed by atoms with E-state index in [1.54, 1.807) is 28.8 Å². The molecule has 1 aliphatic rings. The van der Waals surface area contributed by atoms with Crippen molar-refractivity contribution in [2.45, 2.75) is 56.2 Å². The SMILES string of the molecule is CCC1(CC)C[C@H](NS(=O)(=O)c2ccc3c(c2)sc(=O)n3Cc2ccccc2Cl)c2ccccc2O1. The van der Waals surface area contributed by atoms with Gasteiger partial charge in [0, 0.05) is 17.0 Å². The Morgan fingerprint density at radius 3 is 2.56 bits per heavy atom. The van der Waals surface area contributed by atoms with E-state index in [1.165, 1.54) is 0 Å². The quantitative estimate of drug-likeness (QED) is 0.305. The Morgan fingerprint density at radius 1 is 1.08 bits per heavy atom. The predicted molar refractivity (Wildman–Crippen MR) is 145 cm³/mol. The molecule has 0 spiro atoms. The van der Waals surface area contributed by atoms with Crippen LogP contribution in [0.2, 0.25) is 5.02 Å². The van der Waals surface area contributed by atoms with Crippen LogP contribution >= 0.6 is 22.9 Å². The Labute approximate surface area is 219 Å². The van der Waals surface area contributed by atoms with Gasteiger partial charge >= 0.3 is 4.87 Å². The van der Waals surface area contributed by atoms with Gasteiger partial charge in [0.15, 0.2) is 0 Å². The summed E-state index contributed by atoms with van der Waals surface area (Å²) in [4.78, 5) is 12.7. The minimum atomic E-state index is -3.86. The number of aromatic nitrogens is 1. The number of benzene rings is 3. The largest absolute Gasteiger partial charge is 0.487 e. The zero-order chi connectivity index (χ0) is 25.5. The van der Waals surface area contributed by atoms with E-state index in [0.717, 1.165) is 35.3 Å². The Morgan fingerprint density at radius 2 is 1.81 bits per heavy atom. The lowest BCUT2D eigenvalue weighted by Crippen LogP contribution is -2.44. The van der Waals surface area contributed by atoms with Gasteiger partial charge in [-0.3, -0.25) is 9.36 Å². The number of hydrogen-bond acceptors (Lipinski definition) is 5. The molecule has 4 aromatic rings. The highest BCUT2D eigenvalue weighted by Crippen LogP contribution is 2.43. The first-order valence-electron chi connectivity index (χ1n) is 11.9. The second-order valence-electron chi connectivity index (χ2n) is 9.08. The van der Waals surface area contributed by atoms with Gasteiger partial charge in [-0.25, -0.2) is 13.1 Å². The molecule has 5 rings (SSSR count). The van der Waals surface area contributed by atoms with Gasteiger partial charge in [0.1, 0.15) is 11.4 Å². The third-order valence-electron chi connectivity index (χ3n) is 7.02. The molecular weight excluding hydrogens is 516 g/mol. The fourth-order valence-electron chi connectivity index (χ4n) is 4.82. The number of nitrogens with one attached hydrogen (secondary N) is 1. The van der Waals surface area contributed by atoms with Crippen LogP contribution in [0.15, 0.2) is 76.4 Å². The monoisotopic (exact) mass is 542 g/mol. The molecule has 1 atom stereocenters. The van der Waals surface area contributed by atoms with Crippen molar-refractivity contribution < 1.29 is 13.2 Å². The van der Waals surface area contributed by atoms with E-state index in [9.17, 15) is 13.2 Å². The highest BCUT2D eigenvalue weighted by atomic mass is 35.5. The van der Waals surface area contributed by atoms with Crippen LogP contribution in [0.4, 0.5) is 0 Å². The maximum Gasteiger partial charge on any atom is 0.308 e. The van der Waals surface area contributed by atoms with E-state index < -0.39 is 21.7 Å². The number of rotatable bonds is 7. The number of sulfonamides is 1. The Kier molecular flexibility index (Phi) is 6.72. The molecule has 6 nitrogen and oxygen atoms in total. The van der Waals surface area contributed by atoms with Gasteiger partial charge in [-0.15, -0.1) is 0 Å². The Balaban J connectivity index is 1.48. The van der Waals surface area contributed by atoms with E-state index in [0.29, 0.717) is 34.0 Å². The van der Waals surface area contributed by atoms with Crippen molar-refractivity contribution in [3.63, 3.8) is 0 Å². The van der Waals surface area contributed by atoms with Gasteiger partial charge in [-0.2, -0.15) is 0 Å². The summed E-state index contributed by atoms with van der Waals surface area (Å²) in [5, 5.41) is 0.583. The summed E-state index contributed by atoms with van der Waals surface area (Å²) in [5.41, 5.74) is 1.90. The zero-order valence-corrected chi connectivity index (χ0v) is 22.4. The fourth-order valence-corrected chi connectivity index (χ4v) is 7.26. The van der Waals surface area contributed by atoms with E-state index >= 15 is 0 Å². The summed E-state index contributed by atoms with van der Waals surface area (Å²) < 4.78 is 38.5. The van der Waals surface area contributed by atoms with Crippen molar-refractivity contribution in [1.29, 1.82) is 0 Å². The summed E-state index contributed by atoms with van der Waals surface area (Å²) in [6, 6.07) is 19.4. The number of thiazole rings is 1. The van der Waals surface area contributed by atoms with Crippen LogP contribution in [0, 0.1) is 0 Å². The van der Waals surface area contributed by atoms with Crippen molar-refractivity contribution in [1.82, 2.24) is 9.29 Å². The average Bonchev–Trinajstić information content (AvgIpc) is 3.19. The molecule has 0 bridgehead atoms. The van der Waals surface area contributed by atoms with Crippen molar-refractivity contribution in [2.75, 3.05) is 0 Å². The molecule has 2 heterocycles. The molecule has 188 valence electrons. The van der Waals surface area contributed by atoms with Crippen LogP contribution in [0.1, 0.15) is 50.3 Å². The highest BCUT2D eigenvalue weighted by molar-refractivity contribution is 7.89. The lowest BCUT2D eigenvalue weighted by Gasteiger charge is -2.41. The molecule has 1 N–H and O–H groups in total. The van der Waals surface area contributed by atoms with Crippen LogP contribution in [-0.2, 0) is 16.6 Å². The number of hydrogen-bond donors (Lipinski definition) is 1. The van der Waals surface area contributed by atoms with Crippen LogP contribution in [0.25, 0.3) is 10.2 Å². The van der Waals surface area contributed by atoms with Crippen LogP contribution in [-0.4, -0.2) is 18.6 Å². The van der Waals surface area contributed by atoms with Crippen LogP contribution in [0.3, 0.4) is 0 Å². The minimum Gasteiger partial charge on any atom is -0.487 e. The predicted octanol–water partition coefficient (Wildman–Crippen LogP) is 6.13. The topological polar surface area (TPSA) is 77.4 Å². The summed E-state index contributed by atoms with van der Waals surface area (Å²) >= 11 is 7.32. The normalized spacial score (nSPS) is 17.0. The average molecular weight is 543 g/mol. The fraction of sp³-hybridized carbons (Fsp3) is 0.296. The third kappa shape index (κ3) is 4.59. The maximum absolute atomic E-state index is 13.5. The molecule has 1 aliphatic heterocycles. The summed E-state index contributed by atoms with van der Waals surface area (Å²) in [6.07, 6.45) is 2.09. The Bertz CT molecular complexity index is 1590. The zero-order valence-electron chi connectivity index (χ0n) is 20.0. The van der Waals surface area contributed by atoms with Gasteiger partial charge in [-0.05, 0) is 48.7 Å². The van der Waals surface area contributed by atoms with Gasteiger partial charge in [0.2, 0.25) is 10.0 Å². The number of ether oxygens (including phenoxy) is 1. The van der Waals surface area contributed by atoms with E-state index in [-0.39, 0.29) is 9.77 Å². The standard InChI is InChI=1S/C27H27ClN2O4S2/c1-3-27(4-2)16-22(20-10-6-8-12-24(20)34-27)29-36(32,33)19-13-14-23-25(15-19)35-26(31)30(23)17-18-9-5-7-11-21(18)28/h5-15,22,29H,3-4,16-17H2,1-2H3/t22-/m0/s1. The van der Waals surface area contributed by atoms with Crippen molar-refractivity contribution in [3.8, 4) is 5.75 Å². The van der Waals surface area contributed by atoms with E-state index in [4.69, 9.17) is 16.3 Å². The van der Waals surface area contributed by atoms with Crippen molar-refractivity contribution in [3.05, 3.63) is 92.5 Å². The number of para-hydroxylation sites is 1. The lowest BCUT2D eigenvalue weighted by atomic mass is 9.84. The second-order valence-corrected chi connectivity index (χ2v) is 12.2.